The predicted molar refractivity (Wildman–Crippen MR) is 62.6 cm³/mol. The maximum atomic E-state index is 11.9. The van der Waals surface area contributed by atoms with Crippen LogP contribution in [0.2, 0.25) is 0 Å². The first kappa shape index (κ1) is 12.6. The van der Waals surface area contributed by atoms with Gasteiger partial charge >= 0.3 is 21.3 Å². The van der Waals surface area contributed by atoms with Crippen molar-refractivity contribution in [2.75, 3.05) is 6.54 Å². The standard InChI is InChI=1S/C8H9N3O6S2/c1-9-4-2-10-3-5(6(4)18-8(9)13)11(7(10)12)17-19(14,15)16/h5H,2-3H2,1H3,(H,14,15,16)/t5-/m1/s1. The van der Waals surface area contributed by atoms with Gasteiger partial charge in [-0.3, -0.25) is 9.35 Å². The maximum absolute atomic E-state index is 11.9. The van der Waals surface area contributed by atoms with E-state index in [0.29, 0.717) is 15.6 Å². The molecule has 3 heterocycles. The molecule has 11 heteroatoms. The van der Waals surface area contributed by atoms with Crippen molar-refractivity contribution < 1.29 is 22.0 Å². The Kier molecular flexibility index (Phi) is 2.51. The number of urea groups is 1. The molecule has 2 aliphatic heterocycles. The first-order chi connectivity index (χ1) is 8.78. The van der Waals surface area contributed by atoms with E-state index in [1.54, 1.807) is 7.05 Å². The number of rotatable bonds is 2. The second-order valence-corrected chi connectivity index (χ2v) is 6.24. The van der Waals surface area contributed by atoms with E-state index in [-0.39, 0.29) is 18.0 Å². The lowest BCUT2D eigenvalue weighted by atomic mass is 10.1. The lowest BCUT2D eigenvalue weighted by Gasteiger charge is -2.21. The van der Waals surface area contributed by atoms with Crippen LogP contribution < -0.4 is 4.87 Å². The Hall–Kier alpha value is -1.43. The lowest BCUT2D eigenvalue weighted by Crippen LogP contribution is -2.32. The topological polar surface area (TPSA) is 109 Å². The molecule has 1 fully saturated rings. The average Bonchev–Trinajstić information content (AvgIpc) is 2.71. The zero-order valence-corrected chi connectivity index (χ0v) is 11.3. The third-order valence-electron chi connectivity index (χ3n) is 3.11. The highest BCUT2D eigenvalue weighted by Gasteiger charge is 2.47. The van der Waals surface area contributed by atoms with E-state index in [9.17, 15) is 18.0 Å². The van der Waals surface area contributed by atoms with Gasteiger partial charge in [0.05, 0.1) is 23.7 Å². The number of fused-ring (bicyclic) bond motifs is 4. The van der Waals surface area contributed by atoms with Crippen molar-refractivity contribution in [2.24, 2.45) is 7.05 Å². The molecule has 2 bridgehead atoms. The maximum Gasteiger partial charge on any atom is 0.418 e. The summed E-state index contributed by atoms with van der Waals surface area (Å²) in [5.74, 6) is 0. The number of hydrogen-bond acceptors (Lipinski definition) is 6. The number of hydrogen-bond donors (Lipinski definition) is 1. The van der Waals surface area contributed by atoms with Gasteiger partial charge in [0.1, 0.15) is 6.04 Å². The van der Waals surface area contributed by atoms with Gasteiger partial charge in [0.2, 0.25) is 0 Å². The van der Waals surface area contributed by atoms with Crippen LogP contribution in [0.25, 0.3) is 0 Å². The van der Waals surface area contributed by atoms with Crippen LogP contribution in [0.3, 0.4) is 0 Å². The van der Waals surface area contributed by atoms with Gasteiger partial charge in [-0.15, -0.1) is 4.28 Å². The molecule has 0 aromatic carbocycles. The van der Waals surface area contributed by atoms with Crippen LogP contribution in [0, 0.1) is 0 Å². The molecule has 0 aliphatic carbocycles. The second kappa shape index (κ2) is 3.79. The largest absolute Gasteiger partial charge is 0.418 e. The Morgan fingerprint density at radius 1 is 1.42 bits per heavy atom. The normalized spacial score (nSPS) is 22.0. The molecular weight excluding hydrogens is 298 g/mol. The van der Waals surface area contributed by atoms with Gasteiger partial charge in [0.25, 0.3) is 0 Å². The molecule has 1 N–H and O–H groups in total. The Labute approximate surface area is 111 Å². The van der Waals surface area contributed by atoms with Crippen molar-refractivity contribution >= 4 is 27.8 Å². The molecule has 1 aromatic heterocycles. The zero-order chi connectivity index (χ0) is 13.9. The number of carbonyl (C=O) groups is 1. The van der Waals surface area contributed by atoms with Crippen LogP contribution in [0.15, 0.2) is 4.79 Å². The molecule has 1 atom stereocenters. The molecule has 19 heavy (non-hydrogen) atoms. The van der Waals surface area contributed by atoms with Gasteiger partial charge in [0.15, 0.2) is 0 Å². The van der Waals surface area contributed by atoms with E-state index >= 15 is 0 Å². The van der Waals surface area contributed by atoms with Crippen molar-refractivity contribution in [3.63, 3.8) is 0 Å². The Balaban J connectivity index is 2.07. The van der Waals surface area contributed by atoms with Gasteiger partial charge < -0.3 is 9.47 Å². The highest BCUT2D eigenvalue weighted by molar-refractivity contribution is 7.80. The zero-order valence-electron chi connectivity index (χ0n) is 9.64. The summed E-state index contributed by atoms with van der Waals surface area (Å²) in [5.41, 5.74) is 0.654. The third-order valence-corrected chi connectivity index (χ3v) is 4.64. The van der Waals surface area contributed by atoms with Crippen LogP contribution in [-0.4, -0.2) is 40.1 Å². The fraction of sp³-hybridized carbons (Fsp3) is 0.500. The summed E-state index contributed by atoms with van der Waals surface area (Å²) >= 11 is 0.938. The van der Waals surface area contributed by atoms with Crippen LogP contribution >= 0.6 is 11.3 Å². The Morgan fingerprint density at radius 3 is 2.74 bits per heavy atom. The summed E-state index contributed by atoms with van der Waals surface area (Å²) in [5, 5.41) is 0.594. The van der Waals surface area contributed by atoms with Gasteiger partial charge in [-0.2, -0.15) is 13.5 Å². The molecule has 1 saturated heterocycles. The van der Waals surface area contributed by atoms with E-state index in [4.69, 9.17) is 4.55 Å². The minimum atomic E-state index is -4.79. The number of nitrogens with zero attached hydrogens (tertiary/aromatic N) is 3. The molecule has 0 unspecified atom stereocenters. The van der Waals surface area contributed by atoms with Crippen molar-refractivity contribution in [3.8, 4) is 0 Å². The van der Waals surface area contributed by atoms with Crippen molar-refractivity contribution in [2.45, 2.75) is 12.6 Å². The number of hydroxylamine groups is 2. The predicted octanol–water partition coefficient (Wildman–Crippen LogP) is -0.526. The summed E-state index contributed by atoms with van der Waals surface area (Å²) in [4.78, 5) is 25.2. The highest BCUT2D eigenvalue weighted by atomic mass is 32.3. The van der Waals surface area contributed by atoms with Crippen LogP contribution in [0.5, 0.6) is 0 Å². The number of aromatic nitrogens is 1. The van der Waals surface area contributed by atoms with Crippen LogP contribution in [0.4, 0.5) is 4.79 Å². The minimum Gasteiger partial charge on any atom is -0.314 e. The monoisotopic (exact) mass is 307 g/mol. The molecule has 1 aromatic rings. The third kappa shape index (κ3) is 1.85. The first-order valence-corrected chi connectivity index (χ1v) is 7.40. The summed E-state index contributed by atoms with van der Waals surface area (Å²) < 4.78 is 35.9. The second-order valence-electron chi connectivity index (χ2n) is 4.24. The molecule has 9 nitrogen and oxygen atoms in total. The first-order valence-electron chi connectivity index (χ1n) is 5.21. The van der Waals surface area contributed by atoms with E-state index in [1.165, 1.54) is 9.47 Å². The van der Waals surface area contributed by atoms with Crippen LogP contribution in [-0.2, 0) is 28.3 Å². The molecule has 104 valence electrons. The Morgan fingerprint density at radius 2 is 2.11 bits per heavy atom. The SMILES string of the molecule is Cn1c2c(sc1=O)[C@H]1CN(C2)C(=O)N1OS(=O)(=O)O. The van der Waals surface area contributed by atoms with Gasteiger partial charge in [-0.05, 0) is 0 Å². The number of thiazole rings is 1. The van der Waals surface area contributed by atoms with Crippen molar-refractivity contribution in [1.29, 1.82) is 0 Å². The van der Waals surface area contributed by atoms with Crippen molar-refractivity contribution in [3.05, 3.63) is 20.2 Å². The number of amides is 2. The van der Waals surface area contributed by atoms with E-state index < -0.39 is 22.5 Å². The van der Waals surface area contributed by atoms with E-state index in [1.807, 2.05) is 0 Å². The minimum absolute atomic E-state index is 0.196. The van der Waals surface area contributed by atoms with E-state index in [0.717, 1.165) is 11.3 Å². The van der Waals surface area contributed by atoms with E-state index in [2.05, 4.69) is 4.28 Å². The van der Waals surface area contributed by atoms with Crippen LogP contribution in [0.1, 0.15) is 16.6 Å². The van der Waals surface area contributed by atoms with Gasteiger partial charge in [-0.25, -0.2) is 4.79 Å². The molecule has 0 radical (unpaired) electrons. The van der Waals surface area contributed by atoms with Crippen molar-refractivity contribution in [1.82, 2.24) is 14.5 Å². The summed E-state index contributed by atoms with van der Waals surface area (Å²) in [7, 11) is -3.20. The molecular formula is C8H9N3O6S2. The smallest absolute Gasteiger partial charge is 0.314 e. The summed E-state index contributed by atoms with van der Waals surface area (Å²) in [6, 6.07) is -1.35. The summed E-state index contributed by atoms with van der Waals surface area (Å²) in [6.07, 6.45) is 0. The molecule has 2 amide bonds. The quantitative estimate of drug-likeness (QED) is 0.736. The molecule has 0 spiro atoms. The lowest BCUT2D eigenvalue weighted by molar-refractivity contribution is -0.0308. The highest BCUT2D eigenvalue weighted by Crippen LogP contribution is 2.39. The number of carbonyl (C=O) groups excluding carboxylic acids is 1. The average molecular weight is 307 g/mol. The Bertz CT molecular complexity index is 719. The van der Waals surface area contributed by atoms with Gasteiger partial charge in [0, 0.05) is 7.05 Å². The molecule has 3 rings (SSSR count). The fourth-order valence-corrected chi connectivity index (χ4v) is 3.69. The fourth-order valence-electron chi connectivity index (χ4n) is 2.26. The summed E-state index contributed by atoms with van der Waals surface area (Å²) in [6.45, 7) is 0.437. The molecule has 0 saturated carbocycles. The molecule has 2 aliphatic rings. The van der Waals surface area contributed by atoms with Gasteiger partial charge in [-0.1, -0.05) is 11.3 Å².